The second kappa shape index (κ2) is 10.9. The van der Waals surface area contributed by atoms with Gasteiger partial charge >= 0.3 is 0 Å². The molecule has 0 heterocycles. The van der Waals surface area contributed by atoms with Crippen LogP contribution in [0.5, 0.6) is 0 Å². The molecule has 2 heteroatoms. The predicted octanol–water partition coefficient (Wildman–Crippen LogP) is 7.76. The van der Waals surface area contributed by atoms with Crippen LogP contribution in [0.15, 0.2) is 24.3 Å². The quantitative estimate of drug-likeness (QED) is 0.426. The monoisotopic (exact) mass is 437 g/mol. The van der Waals surface area contributed by atoms with Gasteiger partial charge in [0.1, 0.15) is 0 Å². The molecule has 1 aromatic rings. The van der Waals surface area contributed by atoms with Crippen LogP contribution in [0.25, 0.3) is 5.57 Å². The van der Waals surface area contributed by atoms with E-state index in [9.17, 15) is 0 Å². The summed E-state index contributed by atoms with van der Waals surface area (Å²) >= 11 is 0. The van der Waals surface area contributed by atoms with Crippen molar-refractivity contribution in [3.05, 3.63) is 41.0 Å². The van der Waals surface area contributed by atoms with Gasteiger partial charge in [-0.3, -0.25) is 0 Å². The summed E-state index contributed by atoms with van der Waals surface area (Å²) in [6.45, 7) is 10.6. The lowest BCUT2D eigenvalue weighted by atomic mass is 9.74. The third-order valence-electron chi connectivity index (χ3n) is 8.30. The van der Waals surface area contributed by atoms with Crippen LogP contribution in [-0.4, -0.2) is 25.3 Å². The van der Waals surface area contributed by atoms with Crippen molar-refractivity contribution in [2.75, 3.05) is 13.2 Å². The summed E-state index contributed by atoms with van der Waals surface area (Å²) in [5, 5.41) is 3.79. The van der Waals surface area contributed by atoms with E-state index in [1.54, 1.807) is 22.3 Å². The lowest BCUT2D eigenvalue weighted by molar-refractivity contribution is 0.102. The summed E-state index contributed by atoms with van der Waals surface area (Å²) in [6.07, 6.45) is 17.7. The van der Waals surface area contributed by atoms with E-state index in [1.165, 1.54) is 64.2 Å². The summed E-state index contributed by atoms with van der Waals surface area (Å²) < 4.78 is 6.23. The molecule has 3 aliphatic rings. The van der Waals surface area contributed by atoms with Gasteiger partial charge in [-0.25, -0.2) is 0 Å². The van der Waals surface area contributed by atoms with Gasteiger partial charge in [-0.2, -0.15) is 0 Å². The number of benzene rings is 1. The average molecular weight is 438 g/mol. The SMILES string of the molecule is CCOCC1(CC(C)NC(C)C)C=C(C2CCCCC2)c2c(C3CCCCC3)cccc21. The summed E-state index contributed by atoms with van der Waals surface area (Å²) in [5.74, 6) is 1.49. The fourth-order valence-electron chi connectivity index (χ4n) is 7.05. The number of rotatable bonds is 9. The van der Waals surface area contributed by atoms with Crippen LogP contribution >= 0.6 is 0 Å². The highest BCUT2D eigenvalue weighted by atomic mass is 16.5. The zero-order valence-electron chi connectivity index (χ0n) is 21.2. The van der Waals surface area contributed by atoms with Crippen molar-refractivity contribution in [1.82, 2.24) is 5.32 Å². The first-order chi connectivity index (χ1) is 15.5. The van der Waals surface area contributed by atoms with Gasteiger partial charge in [0.15, 0.2) is 0 Å². The number of fused-ring (bicyclic) bond motifs is 1. The Kier molecular flexibility index (Phi) is 8.16. The Morgan fingerprint density at radius 1 is 0.938 bits per heavy atom. The van der Waals surface area contributed by atoms with E-state index in [2.05, 4.69) is 57.3 Å². The van der Waals surface area contributed by atoms with E-state index in [1.807, 2.05) is 0 Å². The molecule has 32 heavy (non-hydrogen) atoms. The molecule has 4 rings (SSSR count). The van der Waals surface area contributed by atoms with Crippen molar-refractivity contribution >= 4 is 5.57 Å². The second-order valence-electron chi connectivity index (χ2n) is 11.3. The Balaban J connectivity index is 1.79. The van der Waals surface area contributed by atoms with Gasteiger partial charge < -0.3 is 10.1 Å². The molecule has 0 aromatic heterocycles. The number of hydrogen-bond donors (Lipinski definition) is 1. The van der Waals surface area contributed by atoms with E-state index < -0.39 is 0 Å². The van der Waals surface area contributed by atoms with Gasteiger partial charge in [0.2, 0.25) is 0 Å². The van der Waals surface area contributed by atoms with Crippen LogP contribution in [0.2, 0.25) is 0 Å². The summed E-state index contributed by atoms with van der Waals surface area (Å²) in [6, 6.07) is 8.27. The highest BCUT2D eigenvalue weighted by Crippen LogP contribution is 2.52. The van der Waals surface area contributed by atoms with Gasteiger partial charge in [0.25, 0.3) is 0 Å². The minimum Gasteiger partial charge on any atom is -0.380 e. The highest BCUT2D eigenvalue weighted by Gasteiger charge is 2.43. The first-order valence-corrected chi connectivity index (χ1v) is 13.7. The molecule has 0 spiro atoms. The fourth-order valence-corrected chi connectivity index (χ4v) is 7.05. The third-order valence-corrected chi connectivity index (χ3v) is 8.30. The number of allylic oxidation sites excluding steroid dienone is 1. The zero-order chi connectivity index (χ0) is 22.6. The molecular weight excluding hydrogens is 390 g/mol. The van der Waals surface area contributed by atoms with E-state index in [0.29, 0.717) is 12.1 Å². The molecule has 0 aliphatic heterocycles. The van der Waals surface area contributed by atoms with Gasteiger partial charge in [0.05, 0.1) is 6.61 Å². The molecule has 0 bridgehead atoms. The van der Waals surface area contributed by atoms with Gasteiger partial charge in [0, 0.05) is 24.1 Å². The molecular formula is C30H47NO. The standard InChI is InChI=1S/C30H47NO/c1-5-32-21-30(19-23(4)31-22(2)3)20-27(25-15-10-7-11-16-25)29-26(17-12-18-28(29)30)24-13-8-6-9-14-24/h12,17-18,20,22-25,31H,5-11,13-16,19,21H2,1-4H3. The first-order valence-electron chi connectivity index (χ1n) is 13.7. The van der Waals surface area contributed by atoms with Crippen molar-refractivity contribution in [1.29, 1.82) is 0 Å². The van der Waals surface area contributed by atoms with Crippen molar-refractivity contribution < 1.29 is 4.74 Å². The van der Waals surface area contributed by atoms with Crippen LogP contribution in [0, 0.1) is 5.92 Å². The lowest BCUT2D eigenvalue weighted by Gasteiger charge is -2.34. The average Bonchev–Trinajstić information content (AvgIpc) is 3.13. The Morgan fingerprint density at radius 2 is 1.59 bits per heavy atom. The minimum absolute atomic E-state index is 0.00407. The summed E-state index contributed by atoms with van der Waals surface area (Å²) in [4.78, 5) is 0. The molecule has 178 valence electrons. The molecule has 0 amide bonds. The molecule has 0 saturated heterocycles. The largest absolute Gasteiger partial charge is 0.380 e. The maximum Gasteiger partial charge on any atom is 0.0598 e. The lowest BCUT2D eigenvalue weighted by Crippen LogP contribution is -2.40. The van der Waals surface area contributed by atoms with Crippen LogP contribution < -0.4 is 5.32 Å². The molecule has 2 nitrogen and oxygen atoms in total. The molecule has 1 aromatic carbocycles. The van der Waals surface area contributed by atoms with Crippen molar-refractivity contribution in [3.8, 4) is 0 Å². The topological polar surface area (TPSA) is 21.3 Å². The molecule has 0 radical (unpaired) electrons. The van der Waals surface area contributed by atoms with Gasteiger partial charge in [-0.05, 0) is 80.1 Å². The van der Waals surface area contributed by atoms with Crippen LogP contribution in [0.4, 0.5) is 0 Å². The first kappa shape index (κ1) is 24.0. The Morgan fingerprint density at radius 3 is 2.22 bits per heavy atom. The Labute approximate surface area is 197 Å². The molecule has 2 saturated carbocycles. The number of nitrogens with one attached hydrogen (secondary N) is 1. The highest BCUT2D eigenvalue weighted by molar-refractivity contribution is 5.81. The van der Waals surface area contributed by atoms with Crippen LogP contribution in [0.1, 0.15) is 121 Å². The van der Waals surface area contributed by atoms with Gasteiger partial charge in [-0.15, -0.1) is 0 Å². The third kappa shape index (κ3) is 5.17. The Bertz CT molecular complexity index is 769. The van der Waals surface area contributed by atoms with E-state index in [0.717, 1.165) is 31.5 Å². The number of ether oxygens (including phenoxy) is 1. The van der Waals surface area contributed by atoms with E-state index in [4.69, 9.17) is 4.74 Å². The fraction of sp³-hybridized carbons (Fsp3) is 0.733. The predicted molar refractivity (Wildman–Crippen MR) is 137 cm³/mol. The summed E-state index contributed by atoms with van der Waals surface area (Å²) in [7, 11) is 0. The summed E-state index contributed by atoms with van der Waals surface area (Å²) in [5.41, 5.74) is 6.60. The second-order valence-corrected chi connectivity index (χ2v) is 11.3. The minimum atomic E-state index is 0.00407. The van der Waals surface area contributed by atoms with Crippen LogP contribution in [0.3, 0.4) is 0 Å². The maximum atomic E-state index is 6.23. The number of hydrogen-bond acceptors (Lipinski definition) is 2. The van der Waals surface area contributed by atoms with Gasteiger partial charge in [-0.1, -0.05) is 76.6 Å². The molecule has 2 atom stereocenters. The maximum absolute atomic E-state index is 6.23. The normalized spacial score (nSPS) is 25.7. The molecule has 2 unspecified atom stereocenters. The van der Waals surface area contributed by atoms with E-state index >= 15 is 0 Å². The molecule has 1 N–H and O–H groups in total. The van der Waals surface area contributed by atoms with Crippen molar-refractivity contribution in [3.63, 3.8) is 0 Å². The van der Waals surface area contributed by atoms with Crippen molar-refractivity contribution in [2.24, 2.45) is 5.92 Å². The Hall–Kier alpha value is -1.12. The molecule has 3 aliphatic carbocycles. The molecule has 2 fully saturated rings. The van der Waals surface area contributed by atoms with Crippen LogP contribution in [-0.2, 0) is 10.2 Å². The van der Waals surface area contributed by atoms with E-state index in [-0.39, 0.29) is 5.41 Å². The zero-order valence-corrected chi connectivity index (χ0v) is 21.2. The smallest absolute Gasteiger partial charge is 0.0598 e. The van der Waals surface area contributed by atoms with Crippen molar-refractivity contribution in [2.45, 2.75) is 122 Å².